The predicted octanol–water partition coefficient (Wildman–Crippen LogP) is 0.171. The van der Waals surface area contributed by atoms with Crippen molar-refractivity contribution in [2.45, 2.75) is 6.42 Å². The lowest BCUT2D eigenvalue weighted by Gasteiger charge is -2.35. The molecule has 0 spiro atoms. The van der Waals surface area contributed by atoms with E-state index in [1.54, 1.807) is 18.6 Å². The molecule has 4 aromatic heterocycles. The van der Waals surface area contributed by atoms with Crippen molar-refractivity contribution in [1.82, 2.24) is 39.4 Å². The second-order valence-corrected chi connectivity index (χ2v) is 8.41. The van der Waals surface area contributed by atoms with Gasteiger partial charge in [0.15, 0.2) is 11.4 Å². The van der Waals surface area contributed by atoms with Gasteiger partial charge in [0.25, 0.3) is 5.89 Å². The monoisotopic (exact) mass is 495 g/mol. The summed E-state index contributed by atoms with van der Waals surface area (Å²) in [6, 6.07) is 1.85. The van der Waals surface area contributed by atoms with Crippen LogP contribution in [-0.4, -0.2) is 104 Å². The summed E-state index contributed by atoms with van der Waals surface area (Å²) in [6.45, 7) is 5.71. The smallest absolute Gasteiger partial charge is 0.266 e. The van der Waals surface area contributed by atoms with E-state index in [-0.39, 0.29) is 12.6 Å². The lowest BCUT2D eigenvalue weighted by molar-refractivity contribution is 0.232. The van der Waals surface area contributed by atoms with Gasteiger partial charge in [-0.1, -0.05) is 0 Å². The average molecular weight is 496 g/mol. The molecule has 5 rings (SSSR count). The van der Waals surface area contributed by atoms with Crippen molar-refractivity contribution < 1.29 is 14.3 Å². The first-order valence-electron chi connectivity index (χ1n) is 11.8. The zero-order chi connectivity index (χ0) is 24.9. The molecule has 190 valence electrons. The summed E-state index contributed by atoms with van der Waals surface area (Å²) in [5.74, 6) is 2.98. The van der Waals surface area contributed by atoms with Crippen molar-refractivity contribution in [3.63, 3.8) is 0 Å². The van der Waals surface area contributed by atoms with Gasteiger partial charge in [-0.25, -0.2) is 19.9 Å². The summed E-state index contributed by atoms with van der Waals surface area (Å²) in [7, 11) is 1.98. The second-order valence-electron chi connectivity index (χ2n) is 8.41. The molecule has 0 unspecified atom stereocenters. The zero-order valence-electron chi connectivity index (χ0n) is 20.1. The van der Waals surface area contributed by atoms with Crippen LogP contribution in [0.15, 0.2) is 35.3 Å². The summed E-state index contributed by atoms with van der Waals surface area (Å²) in [5.41, 5.74) is 6.72. The standard InChI is InChI=1S/C22H29N11O3/c1-30(17-13-18-27-19(20-24-3-12-36-20)29-33(18)21(23)28-17)4-5-31-6-8-32(9-7-31)22-25-14-16(15-26-22)35-11-2-10-34/h3,12-15,34H,2,4-11H2,1H3,(H2,23,28). The quantitative estimate of drug-likeness (QED) is 0.287. The number of nitrogens with two attached hydrogens (primary N) is 1. The van der Waals surface area contributed by atoms with Crippen molar-refractivity contribution >= 4 is 23.4 Å². The van der Waals surface area contributed by atoms with E-state index in [2.05, 4.69) is 44.7 Å². The van der Waals surface area contributed by atoms with Crippen LogP contribution in [0.5, 0.6) is 5.75 Å². The maximum atomic E-state index is 8.84. The highest BCUT2D eigenvalue weighted by Gasteiger charge is 2.20. The number of anilines is 3. The predicted molar refractivity (Wildman–Crippen MR) is 132 cm³/mol. The van der Waals surface area contributed by atoms with Crippen LogP contribution in [-0.2, 0) is 0 Å². The number of oxazole rings is 1. The molecular formula is C22H29N11O3. The summed E-state index contributed by atoms with van der Waals surface area (Å²) >= 11 is 0. The highest BCUT2D eigenvalue weighted by molar-refractivity contribution is 5.58. The molecule has 14 nitrogen and oxygen atoms in total. The molecule has 14 heteroatoms. The Bertz CT molecular complexity index is 1250. The van der Waals surface area contributed by atoms with Gasteiger partial charge in [-0.2, -0.15) is 9.50 Å². The molecule has 0 aliphatic carbocycles. The molecular weight excluding hydrogens is 466 g/mol. The Kier molecular flexibility index (Phi) is 7.04. The van der Waals surface area contributed by atoms with E-state index in [1.165, 1.54) is 10.8 Å². The van der Waals surface area contributed by atoms with Crippen LogP contribution in [0, 0.1) is 0 Å². The summed E-state index contributed by atoms with van der Waals surface area (Å²) < 4.78 is 12.3. The van der Waals surface area contributed by atoms with Crippen LogP contribution in [0.1, 0.15) is 6.42 Å². The number of hydrogen-bond acceptors (Lipinski definition) is 13. The Morgan fingerprint density at radius 3 is 2.67 bits per heavy atom. The van der Waals surface area contributed by atoms with Gasteiger partial charge in [0.2, 0.25) is 17.7 Å². The van der Waals surface area contributed by atoms with Crippen molar-refractivity contribution in [3.8, 4) is 17.5 Å². The Balaban J connectivity index is 1.13. The van der Waals surface area contributed by atoms with Crippen molar-refractivity contribution in [1.29, 1.82) is 0 Å². The number of aliphatic hydroxyl groups excluding tert-OH is 1. The second kappa shape index (κ2) is 10.7. The molecule has 0 bridgehead atoms. The molecule has 1 fully saturated rings. The van der Waals surface area contributed by atoms with Crippen molar-refractivity contribution in [2.24, 2.45) is 0 Å². The molecule has 0 atom stereocenters. The molecule has 0 amide bonds. The van der Waals surface area contributed by atoms with Gasteiger partial charge in [0, 0.05) is 65.4 Å². The van der Waals surface area contributed by atoms with Crippen LogP contribution >= 0.6 is 0 Å². The Hall–Kier alpha value is -4.04. The van der Waals surface area contributed by atoms with Gasteiger partial charge < -0.3 is 29.8 Å². The highest BCUT2D eigenvalue weighted by Crippen LogP contribution is 2.20. The van der Waals surface area contributed by atoms with E-state index in [0.717, 1.165) is 45.1 Å². The van der Waals surface area contributed by atoms with E-state index in [9.17, 15) is 0 Å². The average Bonchev–Trinajstić information content (AvgIpc) is 3.59. The number of ether oxygens (including phenoxy) is 1. The number of nitrogens with zero attached hydrogens (tertiary/aromatic N) is 10. The minimum Gasteiger partial charge on any atom is -0.490 e. The van der Waals surface area contributed by atoms with Crippen LogP contribution < -0.4 is 20.3 Å². The number of aromatic nitrogens is 7. The first-order chi connectivity index (χ1) is 17.6. The summed E-state index contributed by atoms with van der Waals surface area (Å²) in [6.07, 6.45) is 6.96. The molecule has 0 radical (unpaired) electrons. The minimum absolute atomic E-state index is 0.103. The van der Waals surface area contributed by atoms with Gasteiger partial charge in [-0.3, -0.25) is 4.90 Å². The van der Waals surface area contributed by atoms with Crippen LogP contribution in [0.2, 0.25) is 0 Å². The van der Waals surface area contributed by atoms with Gasteiger partial charge >= 0.3 is 0 Å². The molecule has 1 saturated heterocycles. The molecule has 36 heavy (non-hydrogen) atoms. The Labute approximate surface area is 207 Å². The maximum absolute atomic E-state index is 8.84. The van der Waals surface area contributed by atoms with E-state index in [4.69, 9.17) is 20.0 Å². The molecule has 3 N–H and O–H groups in total. The number of rotatable bonds is 10. The normalized spacial score (nSPS) is 14.4. The fourth-order valence-electron chi connectivity index (χ4n) is 3.90. The number of nitrogen functional groups attached to an aromatic ring is 1. The summed E-state index contributed by atoms with van der Waals surface area (Å²) in [4.78, 5) is 28.5. The zero-order valence-corrected chi connectivity index (χ0v) is 20.1. The van der Waals surface area contributed by atoms with Gasteiger partial charge in [0.1, 0.15) is 12.1 Å². The third-order valence-electron chi connectivity index (χ3n) is 5.94. The van der Waals surface area contributed by atoms with Crippen LogP contribution in [0.25, 0.3) is 17.4 Å². The minimum atomic E-state index is 0.103. The largest absolute Gasteiger partial charge is 0.490 e. The Morgan fingerprint density at radius 2 is 1.94 bits per heavy atom. The number of piperazine rings is 1. The third kappa shape index (κ3) is 5.28. The maximum Gasteiger partial charge on any atom is 0.266 e. The van der Waals surface area contributed by atoms with Crippen molar-refractivity contribution in [3.05, 3.63) is 30.9 Å². The molecule has 5 heterocycles. The molecule has 0 saturated carbocycles. The Morgan fingerprint density at radius 1 is 1.14 bits per heavy atom. The third-order valence-corrected chi connectivity index (χ3v) is 5.94. The summed E-state index contributed by atoms with van der Waals surface area (Å²) in [5, 5.41) is 13.2. The van der Waals surface area contributed by atoms with E-state index < -0.39 is 0 Å². The SMILES string of the molecule is CN(CCN1CCN(c2ncc(OCCCO)cn2)CC1)c1cc2nc(-c3ncco3)nn2c(N)n1. The van der Waals surface area contributed by atoms with Gasteiger partial charge in [-0.15, -0.1) is 5.10 Å². The number of aliphatic hydroxyl groups is 1. The van der Waals surface area contributed by atoms with E-state index in [1.807, 2.05) is 13.1 Å². The molecule has 0 aromatic carbocycles. The van der Waals surface area contributed by atoms with Gasteiger partial charge in [0.05, 0.1) is 25.2 Å². The number of hydrogen-bond donors (Lipinski definition) is 2. The lowest BCUT2D eigenvalue weighted by Crippen LogP contribution is -2.48. The first-order valence-corrected chi connectivity index (χ1v) is 11.8. The molecule has 1 aliphatic heterocycles. The molecule has 1 aliphatic rings. The number of fused-ring (bicyclic) bond motifs is 1. The molecule has 4 aromatic rings. The lowest BCUT2D eigenvalue weighted by atomic mass is 10.3. The fourth-order valence-corrected chi connectivity index (χ4v) is 3.90. The van der Waals surface area contributed by atoms with E-state index >= 15 is 0 Å². The van der Waals surface area contributed by atoms with Crippen LogP contribution in [0.3, 0.4) is 0 Å². The van der Waals surface area contributed by atoms with Crippen LogP contribution in [0.4, 0.5) is 17.7 Å². The highest BCUT2D eigenvalue weighted by atomic mass is 16.5. The van der Waals surface area contributed by atoms with Crippen molar-refractivity contribution in [2.75, 3.05) is 75.1 Å². The number of likely N-dealkylation sites (N-methyl/N-ethyl adjacent to an activating group) is 1. The van der Waals surface area contributed by atoms with Gasteiger partial charge in [-0.05, 0) is 0 Å². The van der Waals surface area contributed by atoms with E-state index in [0.29, 0.717) is 42.1 Å². The first kappa shape index (κ1) is 23.7. The fraction of sp³-hybridized carbons (Fsp3) is 0.455. The topological polar surface area (TPSA) is 160 Å².